The molecule has 2 N–H and O–H groups in total. The Hall–Kier alpha value is -0.0700. The maximum Gasteiger partial charge on any atom is 0.239 e. The van der Waals surface area contributed by atoms with Crippen molar-refractivity contribution in [1.82, 2.24) is 5.32 Å². The van der Waals surface area contributed by atoms with Crippen LogP contribution in [0.5, 0.6) is 0 Å². The molecule has 0 heterocycles. The number of amides is 1. The quantitative estimate of drug-likeness (QED) is 0.719. The molecule has 3 nitrogen and oxygen atoms in total. The molecule has 0 fully saturated rings. The lowest BCUT2D eigenvalue weighted by atomic mass is 10.2. The Labute approximate surface area is 132 Å². The van der Waals surface area contributed by atoms with E-state index < -0.39 is 0 Å². The molecular formula is C12H15Br3N2O. The Morgan fingerprint density at radius 3 is 2.28 bits per heavy atom. The molecule has 0 unspecified atom stereocenters. The van der Waals surface area contributed by atoms with Crippen LogP contribution in [0.1, 0.15) is 13.8 Å². The number of halogens is 3. The van der Waals surface area contributed by atoms with Gasteiger partial charge in [0.15, 0.2) is 0 Å². The molecule has 0 aliphatic heterocycles. The first-order valence-corrected chi connectivity index (χ1v) is 7.93. The summed E-state index contributed by atoms with van der Waals surface area (Å²) in [4.78, 5) is 11.6. The average Bonchev–Trinajstić information content (AvgIpc) is 2.24. The third-order valence-electron chi connectivity index (χ3n) is 2.14. The standard InChI is InChI=1S/C12H15Br3N2O/c1-7(2)5-16-11(18)6-17-12-9(14)3-8(13)4-10(12)15/h3-4,7,17H,5-6H2,1-2H3,(H,16,18). The molecule has 0 radical (unpaired) electrons. The Balaban J connectivity index is 2.56. The summed E-state index contributed by atoms with van der Waals surface area (Å²) in [5, 5.41) is 5.97. The highest BCUT2D eigenvalue weighted by atomic mass is 79.9. The van der Waals surface area contributed by atoms with E-state index in [0.29, 0.717) is 12.5 Å². The lowest BCUT2D eigenvalue weighted by molar-refractivity contribution is -0.119. The van der Waals surface area contributed by atoms with Crippen LogP contribution in [0.3, 0.4) is 0 Å². The van der Waals surface area contributed by atoms with E-state index in [1.807, 2.05) is 12.1 Å². The molecule has 0 atom stereocenters. The third-order valence-corrected chi connectivity index (χ3v) is 3.85. The van der Waals surface area contributed by atoms with Crippen molar-refractivity contribution in [1.29, 1.82) is 0 Å². The summed E-state index contributed by atoms with van der Waals surface area (Å²) in [6, 6.07) is 3.86. The molecule has 0 bridgehead atoms. The van der Waals surface area contributed by atoms with Crippen molar-refractivity contribution in [3.05, 3.63) is 25.6 Å². The van der Waals surface area contributed by atoms with Gasteiger partial charge in [-0.05, 0) is 49.9 Å². The van der Waals surface area contributed by atoms with E-state index in [1.165, 1.54) is 0 Å². The smallest absolute Gasteiger partial charge is 0.239 e. The molecule has 0 spiro atoms. The van der Waals surface area contributed by atoms with Gasteiger partial charge in [0, 0.05) is 20.0 Å². The highest BCUT2D eigenvalue weighted by Crippen LogP contribution is 2.34. The van der Waals surface area contributed by atoms with E-state index >= 15 is 0 Å². The van der Waals surface area contributed by atoms with Gasteiger partial charge in [-0.3, -0.25) is 4.79 Å². The molecule has 0 aliphatic carbocycles. The normalized spacial score (nSPS) is 10.6. The predicted molar refractivity (Wildman–Crippen MR) is 85.9 cm³/mol. The lowest BCUT2D eigenvalue weighted by Gasteiger charge is -2.12. The number of nitrogens with one attached hydrogen (secondary N) is 2. The van der Waals surface area contributed by atoms with Crippen molar-refractivity contribution in [2.45, 2.75) is 13.8 Å². The first-order valence-electron chi connectivity index (χ1n) is 5.55. The Bertz CT molecular complexity index is 412. The second-order valence-electron chi connectivity index (χ2n) is 4.30. The summed E-state index contributed by atoms with van der Waals surface area (Å²) < 4.78 is 2.77. The number of hydrogen-bond acceptors (Lipinski definition) is 2. The van der Waals surface area contributed by atoms with Gasteiger partial charge in [0.25, 0.3) is 0 Å². The first-order chi connectivity index (χ1) is 8.40. The fourth-order valence-electron chi connectivity index (χ4n) is 1.26. The van der Waals surface area contributed by atoms with E-state index in [9.17, 15) is 4.79 Å². The summed E-state index contributed by atoms with van der Waals surface area (Å²) in [5.41, 5.74) is 0.873. The SMILES string of the molecule is CC(C)CNC(=O)CNc1c(Br)cc(Br)cc1Br. The Morgan fingerprint density at radius 1 is 1.22 bits per heavy atom. The van der Waals surface area contributed by atoms with E-state index in [1.54, 1.807) is 0 Å². The van der Waals surface area contributed by atoms with Crippen molar-refractivity contribution in [2.75, 3.05) is 18.4 Å². The number of carbonyl (C=O) groups excluding carboxylic acids is 1. The maximum absolute atomic E-state index is 11.6. The van der Waals surface area contributed by atoms with Crippen LogP contribution in [0.25, 0.3) is 0 Å². The van der Waals surface area contributed by atoms with E-state index in [0.717, 1.165) is 19.1 Å². The molecule has 0 saturated carbocycles. The van der Waals surface area contributed by atoms with Crippen molar-refractivity contribution in [3.63, 3.8) is 0 Å². The number of hydrogen-bond donors (Lipinski definition) is 2. The van der Waals surface area contributed by atoms with Gasteiger partial charge in [-0.15, -0.1) is 0 Å². The van der Waals surface area contributed by atoms with Crippen LogP contribution in [0.4, 0.5) is 5.69 Å². The van der Waals surface area contributed by atoms with Crippen LogP contribution >= 0.6 is 47.8 Å². The van der Waals surface area contributed by atoms with Gasteiger partial charge in [0.2, 0.25) is 5.91 Å². The molecule has 1 amide bonds. The van der Waals surface area contributed by atoms with Crippen LogP contribution in [0, 0.1) is 5.92 Å². The fourth-order valence-corrected chi connectivity index (χ4v) is 3.80. The molecule has 18 heavy (non-hydrogen) atoms. The van der Waals surface area contributed by atoms with Crippen molar-refractivity contribution < 1.29 is 4.79 Å². The van der Waals surface area contributed by atoms with Crippen molar-refractivity contribution in [3.8, 4) is 0 Å². The van der Waals surface area contributed by atoms with Gasteiger partial charge in [-0.1, -0.05) is 29.8 Å². The first kappa shape index (κ1) is 16.0. The number of carbonyl (C=O) groups is 1. The summed E-state index contributed by atoms with van der Waals surface area (Å²) >= 11 is 10.3. The summed E-state index contributed by atoms with van der Waals surface area (Å²) in [7, 11) is 0. The molecule has 0 aliphatic rings. The molecule has 0 aromatic heterocycles. The molecular weight excluding hydrogens is 428 g/mol. The second-order valence-corrected chi connectivity index (χ2v) is 6.92. The fraction of sp³-hybridized carbons (Fsp3) is 0.417. The minimum absolute atomic E-state index is 0.00887. The van der Waals surface area contributed by atoms with Crippen LogP contribution in [-0.2, 0) is 4.79 Å². The summed E-state index contributed by atoms with van der Waals surface area (Å²) in [5.74, 6) is 0.450. The van der Waals surface area contributed by atoms with Crippen LogP contribution in [0.2, 0.25) is 0 Å². The minimum Gasteiger partial charge on any atom is -0.374 e. The zero-order valence-electron chi connectivity index (χ0n) is 10.2. The monoisotopic (exact) mass is 440 g/mol. The van der Waals surface area contributed by atoms with Crippen LogP contribution < -0.4 is 10.6 Å². The maximum atomic E-state index is 11.6. The van der Waals surface area contributed by atoms with Crippen LogP contribution in [-0.4, -0.2) is 19.0 Å². The van der Waals surface area contributed by atoms with Gasteiger partial charge >= 0.3 is 0 Å². The molecule has 1 aromatic rings. The van der Waals surface area contributed by atoms with Gasteiger partial charge in [-0.25, -0.2) is 0 Å². The zero-order chi connectivity index (χ0) is 13.7. The van der Waals surface area contributed by atoms with Crippen LogP contribution in [0.15, 0.2) is 25.6 Å². The number of rotatable bonds is 5. The van der Waals surface area contributed by atoms with Crippen molar-refractivity contribution in [2.24, 2.45) is 5.92 Å². The molecule has 6 heteroatoms. The summed E-state index contributed by atoms with van der Waals surface area (Å²) in [6.07, 6.45) is 0. The van der Waals surface area contributed by atoms with Gasteiger partial charge < -0.3 is 10.6 Å². The van der Waals surface area contributed by atoms with Crippen molar-refractivity contribution >= 4 is 59.4 Å². The predicted octanol–water partition coefficient (Wildman–Crippen LogP) is 4.16. The molecule has 100 valence electrons. The molecule has 1 aromatic carbocycles. The minimum atomic E-state index is -0.00887. The topological polar surface area (TPSA) is 41.1 Å². The highest BCUT2D eigenvalue weighted by Gasteiger charge is 2.08. The average molecular weight is 443 g/mol. The largest absolute Gasteiger partial charge is 0.374 e. The van der Waals surface area contributed by atoms with Gasteiger partial charge in [-0.2, -0.15) is 0 Å². The van der Waals surface area contributed by atoms with Gasteiger partial charge in [0.05, 0.1) is 12.2 Å². The molecule has 0 saturated heterocycles. The Kier molecular flexibility index (Phi) is 6.66. The van der Waals surface area contributed by atoms with E-state index in [4.69, 9.17) is 0 Å². The number of anilines is 1. The van der Waals surface area contributed by atoms with E-state index in [2.05, 4.69) is 72.3 Å². The highest BCUT2D eigenvalue weighted by molar-refractivity contribution is 9.11. The zero-order valence-corrected chi connectivity index (χ0v) is 14.9. The number of benzene rings is 1. The molecule has 1 rings (SSSR count). The van der Waals surface area contributed by atoms with E-state index in [-0.39, 0.29) is 12.5 Å². The third kappa shape index (κ3) is 5.28. The Morgan fingerprint density at radius 2 is 1.78 bits per heavy atom. The lowest BCUT2D eigenvalue weighted by Crippen LogP contribution is -2.32. The van der Waals surface area contributed by atoms with Gasteiger partial charge in [0.1, 0.15) is 0 Å². The second kappa shape index (κ2) is 7.50. The summed E-state index contributed by atoms with van der Waals surface area (Å²) in [6.45, 7) is 5.08.